The van der Waals surface area contributed by atoms with Crippen LogP contribution in [0.3, 0.4) is 0 Å². The van der Waals surface area contributed by atoms with Crippen LogP contribution < -0.4 is 10.6 Å². The Morgan fingerprint density at radius 3 is 2.57 bits per heavy atom. The van der Waals surface area contributed by atoms with Crippen molar-refractivity contribution in [2.24, 2.45) is 5.41 Å². The molecule has 0 bridgehead atoms. The minimum atomic E-state index is -0.478. The van der Waals surface area contributed by atoms with E-state index < -0.39 is 5.41 Å². The summed E-state index contributed by atoms with van der Waals surface area (Å²) >= 11 is 1.32. The minimum Gasteiger partial charge on any atom is -0.352 e. The van der Waals surface area contributed by atoms with Gasteiger partial charge < -0.3 is 10.6 Å². The fourth-order valence-corrected chi connectivity index (χ4v) is 2.36. The number of thiazole rings is 1. The number of rotatable bonds is 5. The predicted molar refractivity (Wildman–Crippen MR) is 90.0 cm³/mol. The lowest BCUT2D eigenvalue weighted by atomic mass is 9.96. The topological polar surface area (TPSA) is 84.0 Å². The van der Waals surface area contributed by atoms with E-state index in [4.69, 9.17) is 0 Å². The van der Waals surface area contributed by atoms with Crippen molar-refractivity contribution in [1.29, 1.82) is 0 Å². The van der Waals surface area contributed by atoms with E-state index in [1.54, 1.807) is 17.8 Å². The van der Waals surface area contributed by atoms with Crippen molar-refractivity contribution >= 4 is 28.3 Å². The third kappa shape index (κ3) is 5.45. The lowest BCUT2D eigenvalue weighted by molar-refractivity contribution is -0.123. The van der Waals surface area contributed by atoms with E-state index in [-0.39, 0.29) is 18.2 Å². The number of amides is 2. The Bertz CT molecular complexity index is 677. The van der Waals surface area contributed by atoms with Gasteiger partial charge in [0.05, 0.1) is 12.1 Å². The number of hydrogen-bond donors (Lipinski definition) is 2. The molecule has 6 nitrogen and oxygen atoms in total. The summed E-state index contributed by atoms with van der Waals surface area (Å²) in [6.45, 7) is 5.97. The molecule has 0 saturated heterocycles. The number of nitrogens with one attached hydrogen (secondary N) is 2. The van der Waals surface area contributed by atoms with Gasteiger partial charge in [-0.15, -0.1) is 11.3 Å². The van der Waals surface area contributed by atoms with Gasteiger partial charge in [0.1, 0.15) is 0 Å². The first-order valence-corrected chi connectivity index (χ1v) is 8.14. The van der Waals surface area contributed by atoms with Gasteiger partial charge in [0.15, 0.2) is 5.13 Å². The SMILES string of the molecule is CC(C)(C)C(=O)Nc1nc(CC(=O)NCc2ccncc2)cs1. The zero-order valence-electron chi connectivity index (χ0n) is 13.4. The van der Waals surface area contributed by atoms with Crippen molar-refractivity contribution in [2.75, 3.05) is 5.32 Å². The first kappa shape index (κ1) is 17.1. The molecule has 0 fully saturated rings. The zero-order valence-corrected chi connectivity index (χ0v) is 14.2. The number of carbonyl (C=O) groups is 2. The molecule has 2 rings (SSSR count). The molecule has 0 aliphatic heterocycles. The number of anilines is 1. The van der Waals surface area contributed by atoms with Crippen molar-refractivity contribution in [3.05, 3.63) is 41.2 Å². The van der Waals surface area contributed by atoms with Gasteiger partial charge >= 0.3 is 0 Å². The second-order valence-electron chi connectivity index (χ2n) is 6.16. The molecule has 0 spiro atoms. The summed E-state index contributed by atoms with van der Waals surface area (Å²) in [6, 6.07) is 3.70. The molecule has 23 heavy (non-hydrogen) atoms. The van der Waals surface area contributed by atoms with E-state index in [0.29, 0.717) is 17.4 Å². The maximum Gasteiger partial charge on any atom is 0.231 e. The quantitative estimate of drug-likeness (QED) is 0.880. The van der Waals surface area contributed by atoms with Gasteiger partial charge in [-0.2, -0.15) is 0 Å². The van der Waals surface area contributed by atoms with Crippen molar-refractivity contribution in [2.45, 2.75) is 33.7 Å². The van der Waals surface area contributed by atoms with Gasteiger partial charge in [0, 0.05) is 29.7 Å². The van der Waals surface area contributed by atoms with E-state index in [2.05, 4.69) is 20.6 Å². The molecule has 122 valence electrons. The maximum absolute atomic E-state index is 11.9. The molecule has 2 amide bonds. The Balaban J connectivity index is 1.84. The highest BCUT2D eigenvalue weighted by molar-refractivity contribution is 7.13. The molecule has 2 aromatic rings. The van der Waals surface area contributed by atoms with Crippen molar-refractivity contribution in [3.63, 3.8) is 0 Å². The molecular formula is C16H20N4O2S. The summed E-state index contributed by atoms with van der Waals surface area (Å²) in [4.78, 5) is 32.0. The number of nitrogens with zero attached hydrogens (tertiary/aromatic N) is 2. The normalized spacial score (nSPS) is 11.1. The second-order valence-corrected chi connectivity index (χ2v) is 7.02. The van der Waals surface area contributed by atoms with Crippen LogP contribution in [0.5, 0.6) is 0 Å². The van der Waals surface area contributed by atoms with Crippen molar-refractivity contribution in [3.8, 4) is 0 Å². The molecule has 0 aliphatic carbocycles. The first-order chi connectivity index (χ1) is 10.8. The Morgan fingerprint density at radius 1 is 1.22 bits per heavy atom. The molecule has 0 atom stereocenters. The number of carbonyl (C=O) groups excluding carboxylic acids is 2. The third-order valence-electron chi connectivity index (χ3n) is 3.03. The van der Waals surface area contributed by atoms with Crippen LogP contribution in [0.15, 0.2) is 29.9 Å². The second kappa shape index (κ2) is 7.32. The summed E-state index contributed by atoms with van der Waals surface area (Å²) < 4.78 is 0. The Labute approximate surface area is 139 Å². The predicted octanol–water partition coefficient (Wildman–Crippen LogP) is 2.38. The van der Waals surface area contributed by atoms with E-state index >= 15 is 0 Å². The molecule has 0 aliphatic rings. The van der Waals surface area contributed by atoms with Gasteiger partial charge in [-0.25, -0.2) is 4.98 Å². The van der Waals surface area contributed by atoms with Gasteiger partial charge in [-0.3, -0.25) is 14.6 Å². The van der Waals surface area contributed by atoms with Crippen LogP contribution in [0.2, 0.25) is 0 Å². The average molecular weight is 332 g/mol. The van der Waals surface area contributed by atoms with Gasteiger partial charge in [-0.1, -0.05) is 20.8 Å². The summed E-state index contributed by atoms with van der Waals surface area (Å²) in [7, 11) is 0. The Morgan fingerprint density at radius 2 is 1.91 bits per heavy atom. The van der Waals surface area contributed by atoms with Crippen molar-refractivity contribution in [1.82, 2.24) is 15.3 Å². The smallest absolute Gasteiger partial charge is 0.231 e. The standard InChI is InChI=1S/C16H20N4O2S/c1-16(2,3)14(22)20-15-19-12(10-23-15)8-13(21)18-9-11-4-6-17-7-5-11/h4-7,10H,8-9H2,1-3H3,(H,18,21)(H,19,20,22). The molecule has 0 aromatic carbocycles. The summed E-state index contributed by atoms with van der Waals surface area (Å²) in [5.41, 5.74) is 1.16. The number of hydrogen-bond acceptors (Lipinski definition) is 5. The molecule has 0 unspecified atom stereocenters. The molecule has 0 saturated carbocycles. The van der Waals surface area contributed by atoms with E-state index in [9.17, 15) is 9.59 Å². The van der Waals surface area contributed by atoms with Crippen LogP contribution in [-0.4, -0.2) is 21.8 Å². The molecule has 0 radical (unpaired) electrons. The maximum atomic E-state index is 11.9. The zero-order chi connectivity index (χ0) is 16.9. The Hall–Kier alpha value is -2.28. The number of pyridine rings is 1. The largest absolute Gasteiger partial charge is 0.352 e. The van der Waals surface area contributed by atoms with E-state index in [1.807, 2.05) is 32.9 Å². The summed E-state index contributed by atoms with van der Waals surface area (Å²) in [6.07, 6.45) is 3.56. The fourth-order valence-electron chi connectivity index (χ4n) is 1.66. The summed E-state index contributed by atoms with van der Waals surface area (Å²) in [5, 5.41) is 7.89. The van der Waals surface area contributed by atoms with Gasteiger partial charge in [0.2, 0.25) is 11.8 Å². The number of aromatic nitrogens is 2. The summed E-state index contributed by atoms with van der Waals surface area (Å²) in [5.74, 6) is -0.207. The Kier molecular flexibility index (Phi) is 5.44. The minimum absolute atomic E-state index is 0.0967. The molecular weight excluding hydrogens is 312 g/mol. The highest BCUT2D eigenvalue weighted by Crippen LogP contribution is 2.20. The van der Waals surface area contributed by atoms with Crippen LogP contribution in [0.4, 0.5) is 5.13 Å². The van der Waals surface area contributed by atoms with Crippen LogP contribution in [0, 0.1) is 5.41 Å². The monoisotopic (exact) mass is 332 g/mol. The highest BCUT2D eigenvalue weighted by Gasteiger charge is 2.22. The molecule has 2 heterocycles. The molecule has 2 N–H and O–H groups in total. The average Bonchev–Trinajstić information content (AvgIpc) is 2.92. The van der Waals surface area contributed by atoms with E-state index in [0.717, 1.165) is 5.56 Å². The third-order valence-corrected chi connectivity index (χ3v) is 3.84. The van der Waals surface area contributed by atoms with Gasteiger partial charge in [-0.05, 0) is 17.7 Å². The van der Waals surface area contributed by atoms with Gasteiger partial charge in [0.25, 0.3) is 0 Å². The lowest BCUT2D eigenvalue weighted by Crippen LogP contribution is -2.27. The van der Waals surface area contributed by atoms with Crippen LogP contribution in [0.25, 0.3) is 0 Å². The highest BCUT2D eigenvalue weighted by atomic mass is 32.1. The van der Waals surface area contributed by atoms with Crippen LogP contribution >= 0.6 is 11.3 Å². The van der Waals surface area contributed by atoms with Crippen LogP contribution in [-0.2, 0) is 22.6 Å². The molecule has 2 aromatic heterocycles. The lowest BCUT2D eigenvalue weighted by Gasteiger charge is -2.15. The van der Waals surface area contributed by atoms with Crippen molar-refractivity contribution < 1.29 is 9.59 Å². The first-order valence-electron chi connectivity index (χ1n) is 7.26. The fraction of sp³-hybridized carbons (Fsp3) is 0.375. The molecule has 7 heteroatoms. The van der Waals surface area contributed by atoms with E-state index in [1.165, 1.54) is 11.3 Å². The van der Waals surface area contributed by atoms with Crippen LogP contribution in [0.1, 0.15) is 32.0 Å².